The molecule has 3 N–H and O–H groups in total. The minimum atomic E-state index is -1.01. The smallest absolute Gasteiger partial charge is 0.354 e. The summed E-state index contributed by atoms with van der Waals surface area (Å²) in [5.41, 5.74) is 7.54. The number of hydrogen-bond acceptors (Lipinski definition) is 7. The molecule has 0 atom stereocenters. The largest absolute Gasteiger partial charge is 0.477 e. The van der Waals surface area contributed by atoms with Gasteiger partial charge in [-0.05, 0) is 44.3 Å². The van der Waals surface area contributed by atoms with Crippen LogP contribution in [0.5, 0.6) is 5.88 Å². The summed E-state index contributed by atoms with van der Waals surface area (Å²) in [7, 11) is 3.99. The maximum atomic E-state index is 11.3. The van der Waals surface area contributed by atoms with Crippen LogP contribution >= 0.6 is 22.9 Å². The van der Waals surface area contributed by atoms with Crippen LogP contribution in [-0.4, -0.2) is 58.0 Å². The first-order valence-electron chi connectivity index (χ1n) is 10.3. The first-order chi connectivity index (χ1) is 15.8. The highest BCUT2D eigenvalue weighted by Crippen LogP contribution is 2.26. The van der Waals surface area contributed by atoms with Crippen molar-refractivity contribution in [1.29, 1.82) is 0 Å². The lowest BCUT2D eigenvalue weighted by atomic mass is 10.2. The fraction of sp³-hybridized carbons (Fsp3) is 0.261. The maximum Gasteiger partial charge on any atom is 0.354 e. The number of nitrogens with zero attached hydrogens (tertiary/aromatic N) is 4. The molecule has 33 heavy (non-hydrogen) atoms. The monoisotopic (exact) mass is 487 g/mol. The molecule has 10 heteroatoms. The number of aromatic carboxylic acids is 1. The van der Waals surface area contributed by atoms with Crippen molar-refractivity contribution in [2.45, 2.75) is 13.0 Å². The van der Waals surface area contributed by atoms with Crippen molar-refractivity contribution >= 4 is 44.3 Å². The molecule has 4 aromatic rings. The Morgan fingerprint density at radius 2 is 1.97 bits per heavy atom. The van der Waals surface area contributed by atoms with Crippen LogP contribution in [0.2, 0.25) is 5.02 Å². The van der Waals surface area contributed by atoms with Gasteiger partial charge in [0, 0.05) is 17.6 Å². The number of carboxylic acid groups (broad SMARTS) is 1. The summed E-state index contributed by atoms with van der Waals surface area (Å²) in [4.78, 5) is 17.5. The fourth-order valence-corrected chi connectivity index (χ4v) is 4.00. The number of nitrogens with two attached hydrogens (primary N) is 1. The molecule has 0 aliphatic carbocycles. The first kappa shape index (κ1) is 24.5. The average Bonchev–Trinajstić information content (AvgIpc) is 3.34. The zero-order chi connectivity index (χ0) is 23.8. The van der Waals surface area contributed by atoms with Crippen molar-refractivity contribution < 1.29 is 14.6 Å². The molecule has 8 nitrogen and oxygen atoms in total. The molecule has 0 saturated carbocycles. The van der Waals surface area contributed by atoms with E-state index in [4.69, 9.17) is 22.1 Å². The summed E-state index contributed by atoms with van der Waals surface area (Å²) >= 11 is 7.21. The van der Waals surface area contributed by atoms with Crippen LogP contribution in [0.1, 0.15) is 22.5 Å². The van der Waals surface area contributed by atoms with Gasteiger partial charge in [-0.15, -0.1) is 5.10 Å². The number of carboxylic acids is 1. The van der Waals surface area contributed by atoms with E-state index in [9.17, 15) is 9.90 Å². The van der Waals surface area contributed by atoms with Gasteiger partial charge in [0.05, 0.1) is 23.4 Å². The van der Waals surface area contributed by atoms with Crippen LogP contribution in [0.3, 0.4) is 0 Å². The number of halogens is 1. The van der Waals surface area contributed by atoms with E-state index in [1.165, 1.54) is 22.1 Å². The molecule has 0 amide bonds. The predicted octanol–water partition coefficient (Wildman–Crippen LogP) is 4.49. The second kappa shape index (κ2) is 11.6. The van der Waals surface area contributed by atoms with Crippen LogP contribution in [0.25, 0.3) is 10.2 Å². The molecule has 0 fully saturated rings. The molecular formula is C23H26ClN5O3S. The first-order valence-corrected chi connectivity index (χ1v) is 11.5. The topological polar surface area (TPSA) is 106 Å². The summed E-state index contributed by atoms with van der Waals surface area (Å²) in [6.45, 7) is 1.83. The Labute approximate surface area is 201 Å². The highest BCUT2D eigenvalue weighted by Gasteiger charge is 2.15. The van der Waals surface area contributed by atoms with Gasteiger partial charge in [-0.2, -0.15) is 0 Å². The standard InChI is InChI=1S/C16H21N3O3.C7H5ClN2S/c1-18(2)9-6-10-22-15-11-14(16(20)21)19(17-15)12-13-7-4-3-5-8-13;8-4-1-2-5-6(3-4)11-7(9)10-5/h3-5,7-8,11H,6,9-10,12H2,1-2H3,(H,20,21);1-3H,(H2,9,10). The van der Waals surface area contributed by atoms with Crippen molar-refractivity contribution in [3.8, 4) is 5.88 Å². The van der Waals surface area contributed by atoms with Crippen LogP contribution in [0.4, 0.5) is 5.13 Å². The Morgan fingerprint density at radius 1 is 1.21 bits per heavy atom. The molecular weight excluding hydrogens is 462 g/mol. The summed E-state index contributed by atoms with van der Waals surface area (Å²) in [5, 5.41) is 14.8. The van der Waals surface area contributed by atoms with Crippen molar-refractivity contribution in [2.24, 2.45) is 0 Å². The number of aromatic nitrogens is 3. The van der Waals surface area contributed by atoms with E-state index in [1.54, 1.807) is 0 Å². The molecule has 0 unspecified atom stereocenters. The number of benzene rings is 2. The number of nitrogen functional groups attached to an aromatic ring is 1. The second-order valence-electron chi connectivity index (χ2n) is 7.49. The Kier molecular flexibility index (Phi) is 8.65. The zero-order valence-electron chi connectivity index (χ0n) is 18.4. The molecule has 0 aliphatic heterocycles. The number of fused-ring (bicyclic) bond motifs is 1. The molecule has 2 heterocycles. The van der Waals surface area contributed by atoms with Crippen molar-refractivity contribution in [3.05, 3.63) is 70.9 Å². The van der Waals surface area contributed by atoms with E-state index in [2.05, 4.69) is 15.0 Å². The van der Waals surface area contributed by atoms with Gasteiger partial charge >= 0.3 is 5.97 Å². The van der Waals surface area contributed by atoms with E-state index in [0.717, 1.165) is 33.8 Å². The molecule has 0 bridgehead atoms. The minimum absolute atomic E-state index is 0.131. The SMILES string of the molecule is CN(C)CCCOc1cc(C(=O)O)n(Cc2ccccc2)n1.Nc1nc2ccc(Cl)cc2s1. The molecule has 0 saturated heterocycles. The average molecular weight is 488 g/mol. The third-order valence-corrected chi connectivity index (χ3v) is 5.60. The lowest BCUT2D eigenvalue weighted by Crippen LogP contribution is -2.15. The van der Waals surface area contributed by atoms with Crippen molar-refractivity contribution in [1.82, 2.24) is 19.7 Å². The van der Waals surface area contributed by atoms with E-state index in [0.29, 0.717) is 24.2 Å². The van der Waals surface area contributed by atoms with Crippen LogP contribution in [-0.2, 0) is 6.54 Å². The minimum Gasteiger partial charge on any atom is -0.477 e. The van der Waals surface area contributed by atoms with Gasteiger partial charge in [0.2, 0.25) is 5.88 Å². The molecule has 2 aromatic carbocycles. The molecule has 174 valence electrons. The quantitative estimate of drug-likeness (QED) is 0.352. The highest BCUT2D eigenvalue weighted by atomic mass is 35.5. The third-order valence-electron chi connectivity index (χ3n) is 4.52. The Hall–Kier alpha value is -3.14. The van der Waals surface area contributed by atoms with Gasteiger partial charge in [0.15, 0.2) is 10.8 Å². The van der Waals surface area contributed by atoms with Gasteiger partial charge in [0.25, 0.3) is 0 Å². The third kappa shape index (κ3) is 7.45. The molecule has 0 aliphatic rings. The highest BCUT2D eigenvalue weighted by molar-refractivity contribution is 7.22. The van der Waals surface area contributed by atoms with Gasteiger partial charge in [-0.3, -0.25) is 0 Å². The fourth-order valence-electron chi connectivity index (χ4n) is 2.99. The molecule has 2 aromatic heterocycles. The lowest BCUT2D eigenvalue weighted by molar-refractivity contribution is 0.0684. The van der Waals surface area contributed by atoms with Gasteiger partial charge in [-0.25, -0.2) is 14.5 Å². The molecule has 0 radical (unpaired) electrons. The van der Waals surface area contributed by atoms with Crippen molar-refractivity contribution in [2.75, 3.05) is 33.0 Å². The van der Waals surface area contributed by atoms with E-state index >= 15 is 0 Å². The lowest BCUT2D eigenvalue weighted by Gasteiger charge is -2.08. The van der Waals surface area contributed by atoms with E-state index < -0.39 is 5.97 Å². The van der Waals surface area contributed by atoms with Crippen LogP contribution in [0.15, 0.2) is 54.6 Å². The Balaban J connectivity index is 0.000000231. The van der Waals surface area contributed by atoms with Crippen LogP contribution < -0.4 is 10.5 Å². The number of hydrogen-bond donors (Lipinski definition) is 2. The summed E-state index contributed by atoms with van der Waals surface area (Å²) in [6.07, 6.45) is 0.862. The second-order valence-corrected chi connectivity index (χ2v) is 8.98. The Bertz CT molecular complexity index is 1190. The summed E-state index contributed by atoms with van der Waals surface area (Å²) in [5.74, 6) is -0.654. The Morgan fingerprint density at radius 3 is 2.67 bits per heavy atom. The van der Waals surface area contributed by atoms with Gasteiger partial charge in [-0.1, -0.05) is 53.3 Å². The predicted molar refractivity (Wildman–Crippen MR) is 132 cm³/mol. The number of carbonyl (C=O) groups is 1. The van der Waals surface area contributed by atoms with Crippen LogP contribution in [0, 0.1) is 0 Å². The number of rotatable bonds is 8. The summed E-state index contributed by atoms with van der Waals surface area (Å²) in [6, 6.07) is 16.6. The summed E-state index contributed by atoms with van der Waals surface area (Å²) < 4.78 is 8.04. The number of ether oxygens (including phenoxy) is 1. The number of anilines is 1. The van der Waals surface area contributed by atoms with E-state index in [1.807, 2.05) is 62.6 Å². The molecule has 4 rings (SSSR count). The zero-order valence-corrected chi connectivity index (χ0v) is 20.0. The van der Waals surface area contributed by atoms with E-state index in [-0.39, 0.29) is 5.69 Å². The number of thiazole rings is 1. The van der Waals surface area contributed by atoms with Gasteiger partial charge in [0.1, 0.15) is 0 Å². The van der Waals surface area contributed by atoms with Gasteiger partial charge < -0.3 is 20.5 Å². The molecule has 0 spiro atoms. The normalized spacial score (nSPS) is 10.8. The van der Waals surface area contributed by atoms with Crippen molar-refractivity contribution in [3.63, 3.8) is 0 Å². The maximum absolute atomic E-state index is 11.3.